The fourth-order valence-electron chi connectivity index (χ4n) is 1.75. The summed E-state index contributed by atoms with van der Waals surface area (Å²) in [6.45, 7) is 8.25. The van der Waals surface area contributed by atoms with Crippen LogP contribution in [0, 0.1) is 5.92 Å². The largest absolute Gasteiger partial charge is 0.103 e. The van der Waals surface area contributed by atoms with Crippen molar-refractivity contribution in [3.8, 4) is 0 Å². The fraction of sp³-hybridized carbons (Fsp3) is 0.500. The van der Waals surface area contributed by atoms with Crippen molar-refractivity contribution in [2.24, 2.45) is 5.92 Å². The molecule has 0 fully saturated rings. The van der Waals surface area contributed by atoms with Crippen LogP contribution in [-0.4, -0.2) is 0 Å². The van der Waals surface area contributed by atoms with Gasteiger partial charge in [0.15, 0.2) is 0 Å². The Morgan fingerprint density at radius 3 is 2.83 bits per heavy atom. The van der Waals surface area contributed by atoms with Crippen molar-refractivity contribution >= 4 is 0 Å². The van der Waals surface area contributed by atoms with Gasteiger partial charge in [0.1, 0.15) is 0 Å². The predicted molar refractivity (Wildman–Crippen MR) is 55.1 cm³/mol. The van der Waals surface area contributed by atoms with Crippen LogP contribution in [0.25, 0.3) is 0 Å². The minimum absolute atomic E-state index is 0.770. The topological polar surface area (TPSA) is 0 Å². The Balaban J connectivity index is 2.60. The zero-order valence-electron chi connectivity index (χ0n) is 8.14. The molecule has 1 rings (SSSR count). The standard InChI is InChI=1S/C12H18/c1-4-5-6-7-12-10(2)8-9-11(12)3/h4,6-7,10H,1,5,8-9H2,2-3H3/b7-6-. The predicted octanol–water partition coefficient (Wildman–Crippen LogP) is 3.87. The van der Waals surface area contributed by atoms with E-state index in [1.807, 2.05) is 6.08 Å². The molecule has 0 heteroatoms. The molecule has 1 atom stereocenters. The van der Waals surface area contributed by atoms with Crippen molar-refractivity contribution in [1.29, 1.82) is 0 Å². The lowest BCUT2D eigenvalue weighted by atomic mass is 10.0. The second-order valence-corrected chi connectivity index (χ2v) is 3.60. The van der Waals surface area contributed by atoms with Gasteiger partial charge < -0.3 is 0 Å². The molecule has 0 aromatic rings. The van der Waals surface area contributed by atoms with Gasteiger partial charge in [0.05, 0.1) is 0 Å². The molecule has 0 heterocycles. The van der Waals surface area contributed by atoms with Gasteiger partial charge in [0.2, 0.25) is 0 Å². The van der Waals surface area contributed by atoms with E-state index in [-0.39, 0.29) is 0 Å². The second kappa shape index (κ2) is 4.30. The minimum Gasteiger partial charge on any atom is -0.103 e. The summed E-state index contributed by atoms with van der Waals surface area (Å²) in [5, 5.41) is 0. The molecule has 0 saturated heterocycles. The summed E-state index contributed by atoms with van der Waals surface area (Å²) in [6, 6.07) is 0. The van der Waals surface area contributed by atoms with Crippen LogP contribution in [0.15, 0.2) is 36.0 Å². The highest BCUT2D eigenvalue weighted by Gasteiger charge is 2.15. The van der Waals surface area contributed by atoms with Crippen LogP contribution in [0.3, 0.4) is 0 Å². The Kier molecular flexibility index (Phi) is 3.33. The highest BCUT2D eigenvalue weighted by molar-refractivity contribution is 5.30. The molecular formula is C12H18. The van der Waals surface area contributed by atoms with E-state index in [1.165, 1.54) is 12.8 Å². The van der Waals surface area contributed by atoms with Gasteiger partial charge in [-0.05, 0) is 37.7 Å². The van der Waals surface area contributed by atoms with Crippen molar-refractivity contribution in [2.45, 2.75) is 33.1 Å². The average molecular weight is 162 g/mol. The average Bonchev–Trinajstić information content (AvgIpc) is 2.35. The van der Waals surface area contributed by atoms with Gasteiger partial charge in [-0.3, -0.25) is 0 Å². The molecule has 0 spiro atoms. The molecule has 66 valence electrons. The van der Waals surface area contributed by atoms with Crippen LogP contribution in [0.5, 0.6) is 0 Å². The summed E-state index contributed by atoms with van der Waals surface area (Å²) in [6.07, 6.45) is 10.0. The molecule has 1 aliphatic carbocycles. The Hall–Kier alpha value is -0.780. The van der Waals surface area contributed by atoms with Crippen molar-refractivity contribution in [3.63, 3.8) is 0 Å². The molecule has 0 nitrogen and oxygen atoms in total. The zero-order chi connectivity index (χ0) is 8.97. The van der Waals surface area contributed by atoms with E-state index in [9.17, 15) is 0 Å². The van der Waals surface area contributed by atoms with E-state index >= 15 is 0 Å². The molecule has 0 bridgehead atoms. The molecule has 0 amide bonds. The molecule has 0 aliphatic heterocycles. The number of hydrogen-bond donors (Lipinski definition) is 0. The first-order chi connectivity index (χ1) is 5.75. The molecule has 1 unspecified atom stereocenters. The van der Waals surface area contributed by atoms with E-state index in [2.05, 4.69) is 32.6 Å². The number of hydrogen-bond acceptors (Lipinski definition) is 0. The van der Waals surface area contributed by atoms with Gasteiger partial charge in [-0.1, -0.05) is 30.7 Å². The quantitative estimate of drug-likeness (QED) is 0.553. The SMILES string of the molecule is C=CC/C=C\C1=C(C)CCC1C. The third-order valence-corrected chi connectivity index (χ3v) is 2.58. The molecule has 1 aliphatic rings. The van der Waals surface area contributed by atoms with Gasteiger partial charge in [-0.25, -0.2) is 0 Å². The van der Waals surface area contributed by atoms with Crippen LogP contribution >= 0.6 is 0 Å². The van der Waals surface area contributed by atoms with Gasteiger partial charge in [-0.15, -0.1) is 6.58 Å². The van der Waals surface area contributed by atoms with E-state index in [0.29, 0.717) is 0 Å². The lowest BCUT2D eigenvalue weighted by Gasteiger charge is -2.03. The molecule has 0 aromatic heterocycles. The first-order valence-electron chi connectivity index (χ1n) is 4.72. The third-order valence-electron chi connectivity index (χ3n) is 2.58. The maximum atomic E-state index is 3.70. The van der Waals surface area contributed by atoms with E-state index < -0.39 is 0 Å². The maximum absolute atomic E-state index is 3.70. The first-order valence-corrected chi connectivity index (χ1v) is 4.72. The summed E-state index contributed by atoms with van der Waals surface area (Å²) in [4.78, 5) is 0. The van der Waals surface area contributed by atoms with Gasteiger partial charge >= 0.3 is 0 Å². The Bertz CT molecular complexity index is 218. The van der Waals surface area contributed by atoms with E-state index in [1.54, 1.807) is 11.1 Å². The van der Waals surface area contributed by atoms with Crippen LogP contribution in [-0.2, 0) is 0 Å². The summed E-state index contributed by atoms with van der Waals surface area (Å²) in [5.41, 5.74) is 3.12. The molecular weight excluding hydrogens is 144 g/mol. The maximum Gasteiger partial charge on any atom is -0.0169 e. The van der Waals surface area contributed by atoms with E-state index in [4.69, 9.17) is 0 Å². The summed E-state index contributed by atoms with van der Waals surface area (Å²) >= 11 is 0. The first kappa shape index (κ1) is 9.31. The van der Waals surface area contributed by atoms with Gasteiger partial charge in [0, 0.05) is 0 Å². The number of allylic oxidation sites excluding steroid dienone is 5. The van der Waals surface area contributed by atoms with Gasteiger partial charge in [-0.2, -0.15) is 0 Å². The van der Waals surface area contributed by atoms with Gasteiger partial charge in [0.25, 0.3) is 0 Å². The highest BCUT2D eigenvalue weighted by Crippen LogP contribution is 2.31. The smallest absolute Gasteiger partial charge is 0.0169 e. The molecule has 0 saturated carbocycles. The molecule has 0 aromatic carbocycles. The minimum atomic E-state index is 0.770. The Morgan fingerprint density at radius 1 is 1.58 bits per heavy atom. The lowest BCUT2D eigenvalue weighted by molar-refractivity contribution is 0.679. The number of rotatable bonds is 3. The lowest BCUT2D eigenvalue weighted by Crippen LogP contribution is -1.89. The zero-order valence-corrected chi connectivity index (χ0v) is 8.14. The van der Waals surface area contributed by atoms with Crippen molar-refractivity contribution in [1.82, 2.24) is 0 Å². The highest BCUT2D eigenvalue weighted by atomic mass is 14.2. The van der Waals surface area contributed by atoms with Crippen LogP contribution < -0.4 is 0 Å². The molecule has 12 heavy (non-hydrogen) atoms. The van der Waals surface area contributed by atoms with E-state index in [0.717, 1.165) is 12.3 Å². The van der Waals surface area contributed by atoms with Crippen LogP contribution in [0.4, 0.5) is 0 Å². The molecule has 0 radical (unpaired) electrons. The molecule has 0 N–H and O–H groups in total. The third kappa shape index (κ3) is 2.10. The van der Waals surface area contributed by atoms with Crippen molar-refractivity contribution in [2.75, 3.05) is 0 Å². The van der Waals surface area contributed by atoms with Crippen LogP contribution in [0.1, 0.15) is 33.1 Å². The normalized spacial score (nSPS) is 24.0. The summed E-state index contributed by atoms with van der Waals surface area (Å²) in [5.74, 6) is 0.770. The van der Waals surface area contributed by atoms with Crippen LogP contribution in [0.2, 0.25) is 0 Å². The Morgan fingerprint density at radius 2 is 2.33 bits per heavy atom. The van der Waals surface area contributed by atoms with Crippen molar-refractivity contribution < 1.29 is 0 Å². The fourth-order valence-corrected chi connectivity index (χ4v) is 1.75. The van der Waals surface area contributed by atoms with Crippen molar-refractivity contribution in [3.05, 3.63) is 36.0 Å². The summed E-state index contributed by atoms with van der Waals surface area (Å²) < 4.78 is 0. The Labute approximate surface area is 75.7 Å². The summed E-state index contributed by atoms with van der Waals surface area (Å²) in [7, 11) is 0. The second-order valence-electron chi connectivity index (χ2n) is 3.60. The monoisotopic (exact) mass is 162 g/mol.